The van der Waals surface area contributed by atoms with Crippen LogP contribution in [0.5, 0.6) is 11.5 Å². The van der Waals surface area contributed by atoms with Crippen LogP contribution in [0.25, 0.3) is 6.08 Å². The van der Waals surface area contributed by atoms with Gasteiger partial charge in [0.1, 0.15) is 13.2 Å². The molecule has 0 radical (unpaired) electrons. The van der Waals surface area contributed by atoms with Crippen LogP contribution in [-0.2, 0) is 16.2 Å². The molecule has 172 valence electrons. The van der Waals surface area contributed by atoms with Crippen LogP contribution in [0.2, 0.25) is 0 Å². The smallest absolute Gasteiger partial charge is 0.294 e. The number of imide groups is 1. The van der Waals surface area contributed by atoms with Crippen molar-refractivity contribution in [3.8, 4) is 11.5 Å². The molecule has 0 aliphatic carbocycles. The van der Waals surface area contributed by atoms with E-state index >= 15 is 0 Å². The van der Waals surface area contributed by atoms with E-state index in [0.29, 0.717) is 36.8 Å². The topological polar surface area (TPSA) is 76.2 Å². The van der Waals surface area contributed by atoms with Gasteiger partial charge in [-0.25, -0.2) is 0 Å². The zero-order chi connectivity index (χ0) is 23.2. The quantitative estimate of drug-likeness (QED) is 0.566. The third-order valence-corrected chi connectivity index (χ3v) is 6.52. The highest BCUT2D eigenvalue weighted by Gasteiger charge is 2.37. The van der Waals surface area contributed by atoms with Crippen molar-refractivity contribution in [2.45, 2.75) is 25.9 Å². The Balaban J connectivity index is 1.52. The van der Waals surface area contributed by atoms with Gasteiger partial charge in [-0.1, -0.05) is 42.5 Å². The van der Waals surface area contributed by atoms with Crippen LogP contribution < -0.4 is 9.47 Å². The van der Waals surface area contributed by atoms with Crippen LogP contribution in [0.4, 0.5) is 4.79 Å². The lowest BCUT2D eigenvalue weighted by Crippen LogP contribution is -2.44. The highest BCUT2D eigenvalue weighted by atomic mass is 32.2. The lowest BCUT2D eigenvalue weighted by Gasteiger charge is -2.27. The Kier molecular flexibility index (Phi) is 7.34. The Labute approximate surface area is 197 Å². The number of hydrogen-bond donors (Lipinski definition) is 0. The summed E-state index contributed by atoms with van der Waals surface area (Å²) in [6, 6.07) is 15.1. The highest BCUT2D eigenvalue weighted by molar-refractivity contribution is 8.18. The zero-order valence-corrected chi connectivity index (χ0v) is 19.3. The number of carbonyl (C=O) groups excluding carboxylic acids is 3. The molecule has 8 heteroatoms. The molecule has 0 saturated carbocycles. The maximum absolute atomic E-state index is 13.0. The van der Waals surface area contributed by atoms with Crippen molar-refractivity contribution >= 4 is 34.9 Å². The van der Waals surface area contributed by atoms with Gasteiger partial charge in [0.2, 0.25) is 5.91 Å². The second-order valence-corrected chi connectivity index (χ2v) is 8.86. The van der Waals surface area contributed by atoms with E-state index in [0.717, 1.165) is 41.5 Å². The van der Waals surface area contributed by atoms with Gasteiger partial charge in [-0.15, -0.1) is 0 Å². The number of nitrogens with zero attached hydrogens (tertiary/aromatic N) is 2. The molecular formula is C25H26N2O5S. The van der Waals surface area contributed by atoms with Crippen molar-refractivity contribution < 1.29 is 23.9 Å². The molecule has 0 unspecified atom stereocenters. The summed E-state index contributed by atoms with van der Waals surface area (Å²) in [6.07, 6.45) is 4.63. The molecule has 0 bridgehead atoms. The Morgan fingerprint density at radius 2 is 1.79 bits per heavy atom. The van der Waals surface area contributed by atoms with Crippen LogP contribution in [-0.4, -0.2) is 53.6 Å². The maximum Gasteiger partial charge on any atom is 0.294 e. The standard InChI is InChI=1S/C25H26N2O5S/c1-31-20-12-8-11-19(23(20)32-17-18-9-4-2-5-10-18)15-21-24(29)27(25(30)33-21)16-22(28)26-13-6-3-7-14-26/h2,4-5,8-12,15H,3,6-7,13-14,16-17H2,1H3/b21-15-. The maximum atomic E-state index is 13.0. The number of thioether (sulfide) groups is 1. The average Bonchev–Trinajstić information content (AvgIpc) is 3.11. The van der Waals surface area contributed by atoms with Crippen molar-refractivity contribution in [3.05, 3.63) is 64.6 Å². The molecule has 0 atom stereocenters. The molecule has 2 aromatic carbocycles. The first kappa shape index (κ1) is 22.9. The van der Waals surface area contributed by atoms with Gasteiger partial charge in [0.05, 0.1) is 12.0 Å². The number of para-hydroxylation sites is 1. The first-order chi connectivity index (χ1) is 16.1. The van der Waals surface area contributed by atoms with E-state index in [2.05, 4.69) is 0 Å². The van der Waals surface area contributed by atoms with E-state index in [1.54, 1.807) is 36.3 Å². The summed E-state index contributed by atoms with van der Waals surface area (Å²) in [5.74, 6) is 0.359. The molecule has 2 aromatic rings. The van der Waals surface area contributed by atoms with Crippen LogP contribution in [0.1, 0.15) is 30.4 Å². The molecule has 3 amide bonds. The van der Waals surface area contributed by atoms with Gasteiger partial charge in [0.15, 0.2) is 11.5 Å². The number of amides is 3. The van der Waals surface area contributed by atoms with Gasteiger partial charge < -0.3 is 14.4 Å². The van der Waals surface area contributed by atoms with Crippen LogP contribution in [0.15, 0.2) is 53.4 Å². The predicted molar refractivity (Wildman–Crippen MR) is 127 cm³/mol. The molecule has 0 spiro atoms. The normalized spacial score (nSPS) is 17.5. The second kappa shape index (κ2) is 10.6. The van der Waals surface area contributed by atoms with Crippen LogP contribution in [0.3, 0.4) is 0 Å². The molecule has 2 heterocycles. The second-order valence-electron chi connectivity index (χ2n) is 7.86. The number of rotatable bonds is 7. The number of hydrogen-bond acceptors (Lipinski definition) is 6. The van der Waals surface area contributed by atoms with Gasteiger partial charge in [0.25, 0.3) is 11.1 Å². The fraction of sp³-hybridized carbons (Fsp3) is 0.320. The number of likely N-dealkylation sites (tertiary alicyclic amines) is 1. The monoisotopic (exact) mass is 466 g/mol. The Bertz CT molecular complexity index is 1060. The van der Waals surface area contributed by atoms with Gasteiger partial charge in [-0.05, 0) is 48.7 Å². The summed E-state index contributed by atoms with van der Waals surface area (Å²) in [5.41, 5.74) is 1.61. The molecule has 2 fully saturated rings. The Hall–Kier alpha value is -3.26. The van der Waals surface area contributed by atoms with Gasteiger partial charge in [-0.3, -0.25) is 19.3 Å². The molecule has 7 nitrogen and oxygen atoms in total. The van der Waals surface area contributed by atoms with Crippen molar-refractivity contribution in [1.82, 2.24) is 9.80 Å². The van der Waals surface area contributed by atoms with Crippen molar-refractivity contribution in [3.63, 3.8) is 0 Å². The highest BCUT2D eigenvalue weighted by Crippen LogP contribution is 2.37. The van der Waals surface area contributed by atoms with Gasteiger partial charge in [-0.2, -0.15) is 0 Å². The lowest BCUT2D eigenvalue weighted by molar-refractivity contribution is -0.136. The fourth-order valence-corrected chi connectivity index (χ4v) is 4.68. The minimum absolute atomic E-state index is 0.188. The fourth-order valence-electron chi connectivity index (χ4n) is 3.85. The Morgan fingerprint density at radius 1 is 1.03 bits per heavy atom. The largest absolute Gasteiger partial charge is 0.493 e. The molecule has 2 aliphatic rings. The minimum atomic E-state index is -0.466. The summed E-state index contributed by atoms with van der Waals surface area (Å²) in [4.78, 5) is 41.1. The van der Waals surface area contributed by atoms with Crippen molar-refractivity contribution in [2.75, 3.05) is 26.7 Å². The first-order valence-electron chi connectivity index (χ1n) is 10.9. The molecule has 0 N–H and O–H groups in total. The molecule has 2 aliphatic heterocycles. The predicted octanol–water partition coefficient (Wildman–Crippen LogP) is 4.32. The van der Waals surface area contributed by atoms with E-state index < -0.39 is 11.1 Å². The Morgan fingerprint density at radius 3 is 2.52 bits per heavy atom. The zero-order valence-electron chi connectivity index (χ0n) is 18.5. The number of benzene rings is 2. The third kappa shape index (κ3) is 5.39. The number of ether oxygens (including phenoxy) is 2. The molecular weight excluding hydrogens is 440 g/mol. The van der Waals surface area contributed by atoms with Gasteiger partial charge >= 0.3 is 0 Å². The minimum Gasteiger partial charge on any atom is -0.493 e. The summed E-state index contributed by atoms with van der Waals surface area (Å²) in [7, 11) is 1.55. The molecule has 0 aromatic heterocycles. The van der Waals surface area contributed by atoms with E-state index in [1.807, 2.05) is 30.3 Å². The average molecular weight is 467 g/mol. The summed E-state index contributed by atoms with van der Waals surface area (Å²) >= 11 is 0.833. The third-order valence-electron chi connectivity index (χ3n) is 5.62. The SMILES string of the molecule is COc1cccc(/C=C2\SC(=O)N(CC(=O)N3CCCCC3)C2=O)c1OCc1ccccc1. The number of piperidine rings is 1. The first-order valence-corrected chi connectivity index (χ1v) is 11.8. The van der Waals surface area contributed by atoms with Crippen LogP contribution >= 0.6 is 11.8 Å². The molecule has 4 rings (SSSR count). The molecule has 33 heavy (non-hydrogen) atoms. The van der Waals surface area contributed by atoms with E-state index in [1.165, 1.54) is 0 Å². The summed E-state index contributed by atoms with van der Waals surface area (Å²) < 4.78 is 11.5. The van der Waals surface area contributed by atoms with Crippen LogP contribution in [0, 0.1) is 0 Å². The summed E-state index contributed by atoms with van der Waals surface area (Å²) in [5, 5.41) is -0.439. The van der Waals surface area contributed by atoms with E-state index in [-0.39, 0.29) is 17.4 Å². The van der Waals surface area contributed by atoms with E-state index in [4.69, 9.17) is 9.47 Å². The van der Waals surface area contributed by atoms with E-state index in [9.17, 15) is 14.4 Å². The number of carbonyl (C=O) groups is 3. The van der Waals surface area contributed by atoms with Crippen molar-refractivity contribution in [1.29, 1.82) is 0 Å². The van der Waals surface area contributed by atoms with Crippen molar-refractivity contribution in [2.24, 2.45) is 0 Å². The molecule has 2 saturated heterocycles. The van der Waals surface area contributed by atoms with Gasteiger partial charge in [0, 0.05) is 18.7 Å². The number of methoxy groups -OCH3 is 1. The summed E-state index contributed by atoms with van der Waals surface area (Å²) in [6.45, 7) is 1.46. The lowest BCUT2D eigenvalue weighted by atomic mass is 10.1.